The van der Waals surface area contributed by atoms with Crippen molar-refractivity contribution in [3.63, 3.8) is 0 Å². The molecule has 1 aromatic carbocycles. The van der Waals surface area contributed by atoms with Crippen LogP contribution in [0.1, 0.15) is 5.56 Å². The molecule has 1 aromatic rings. The molecule has 4 N–H and O–H groups in total. The number of quaternary nitrogens is 1. The van der Waals surface area contributed by atoms with E-state index in [-0.39, 0.29) is 23.2 Å². The average Bonchev–Trinajstić information content (AvgIpc) is 2.28. The molecule has 0 aromatic heterocycles. The Morgan fingerprint density at radius 3 is 2.50 bits per heavy atom. The molecule has 16 heavy (non-hydrogen) atoms. The number of hydrogen-bond donors (Lipinski definition) is 1. The third-order valence-corrected chi connectivity index (χ3v) is 1.74. The first-order chi connectivity index (χ1) is 7.21. The molecule has 0 aliphatic carbocycles. The van der Waals surface area contributed by atoms with Crippen molar-refractivity contribution in [1.82, 2.24) is 6.15 Å². The van der Waals surface area contributed by atoms with Gasteiger partial charge in [0.2, 0.25) is 0 Å². The van der Waals surface area contributed by atoms with Gasteiger partial charge in [-0.05, 0) is 17.7 Å². The van der Waals surface area contributed by atoms with Gasteiger partial charge in [-0.2, -0.15) is 10.5 Å². The third kappa shape index (κ3) is 3.02. The highest BCUT2D eigenvalue weighted by molar-refractivity contribution is 5.64. The fourth-order valence-corrected chi connectivity index (χ4v) is 1.03. The number of allylic oxidation sites excluding steroid dienone is 1. The lowest BCUT2D eigenvalue weighted by molar-refractivity contribution is -0.270. The van der Waals surface area contributed by atoms with Gasteiger partial charge in [0.15, 0.2) is 0 Å². The Morgan fingerprint density at radius 2 is 2.00 bits per heavy atom. The van der Waals surface area contributed by atoms with Crippen LogP contribution in [-0.2, 0) is 0 Å². The summed E-state index contributed by atoms with van der Waals surface area (Å²) in [4.78, 5) is 0. The molecule has 82 valence electrons. The van der Waals surface area contributed by atoms with Crippen molar-refractivity contribution >= 4 is 6.08 Å². The van der Waals surface area contributed by atoms with Crippen molar-refractivity contribution in [2.24, 2.45) is 0 Å². The number of nitrogens with zero attached hydrogens (tertiary/aromatic N) is 2. The average molecular weight is 217 g/mol. The van der Waals surface area contributed by atoms with Crippen LogP contribution in [-0.4, -0.2) is 7.11 Å². The van der Waals surface area contributed by atoms with E-state index in [1.165, 1.54) is 31.4 Å². The Kier molecular flexibility index (Phi) is 5.12. The molecule has 0 atom stereocenters. The van der Waals surface area contributed by atoms with Gasteiger partial charge in [0.25, 0.3) is 0 Å². The topological polar surface area (TPSA) is 116 Å². The van der Waals surface area contributed by atoms with Gasteiger partial charge in [-0.1, -0.05) is 17.9 Å². The first-order valence-electron chi connectivity index (χ1n) is 4.08. The van der Waals surface area contributed by atoms with Gasteiger partial charge in [0.05, 0.1) is 7.11 Å². The molecule has 1 rings (SSSR count). The lowest BCUT2D eigenvalue weighted by atomic mass is 10.1. The Balaban J connectivity index is 0.00000225. The van der Waals surface area contributed by atoms with Gasteiger partial charge in [-0.3, -0.25) is 0 Å². The van der Waals surface area contributed by atoms with Crippen molar-refractivity contribution in [2.75, 3.05) is 7.11 Å². The lowest BCUT2D eigenvalue weighted by Gasteiger charge is -2.11. The molecular formula is C11H11N3O2. The van der Waals surface area contributed by atoms with Gasteiger partial charge in [-0.15, -0.1) is 0 Å². The van der Waals surface area contributed by atoms with Crippen molar-refractivity contribution in [3.05, 3.63) is 29.3 Å². The summed E-state index contributed by atoms with van der Waals surface area (Å²) in [5.41, 5.74) is 0.570. The minimum atomic E-state index is -0.231. The number of benzene rings is 1. The van der Waals surface area contributed by atoms with E-state index in [0.717, 1.165) is 0 Å². The minimum absolute atomic E-state index is 0. The molecular weight excluding hydrogens is 206 g/mol. The quantitative estimate of drug-likeness (QED) is 0.756. The molecule has 0 saturated heterocycles. The van der Waals surface area contributed by atoms with Crippen LogP contribution in [0.3, 0.4) is 0 Å². The van der Waals surface area contributed by atoms with Crippen LogP contribution in [0.15, 0.2) is 23.8 Å². The standard InChI is InChI=1S/C11H8N2O2.H3N/c1-15-11-5-8(2-3-10(11)14)4-9(6-12)7-13;/h2-5,14H,1H3;1H3. The molecule has 0 heterocycles. The first kappa shape index (κ1) is 13.5. The number of methoxy groups -OCH3 is 1. The predicted molar refractivity (Wildman–Crippen MR) is 57.6 cm³/mol. The number of ether oxygens (including phenoxy) is 1. The molecule has 0 aliphatic heterocycles. The van der Waals surface area contributed by atoms with Crippen LogP contribution in [0, 0.1) is 22.7 Å². The molecule has 0 saturated carbocycles. The zero-order valence-electron chi connectivity index (χ0n) is 9.02. The zero-order valence-corrected chi connectivity index (χ0v) is 9.02. The maximum Gasteiger partial charge on any atom is 0.130 e. The van der Waals surface area contributed by atoms with Gasteiger partial charge < -0.3 is 16.0 Å². The summed E-state index contributed by atoms with van der Waals surface area (Å²) in [6.45, 7) is 0. The van der Waals surface area contributed by atoms with Crippen LogP contribution in [0.5, 0.6) is 11.5 Å². The van der Waals surface area contributed by atoms with E-state index in [0.29, 0.717) is 5.56 Å². The molecule has 0 amide bonds. The molecule has 0 aliphatic rings. The maximum absolute atomic E-state index is 11.2. The monoisotopic (exact) mass is 217 g/mol. The number of hydrogen-bond acceptors (Lipinski definition) is 4. The molecule has 0 spiro atoms. The Bertz CT molecular complexity index is 465. The lowest BCUT2D eigenvalue weighted by Crippen LogP contribution is -1.94. The van der Waals surface area contributed by atoms with Gasteiger partial charge in [0, 0.05) is 0 Å². The summed E-state index contributed by atoms with van der Waals surface area (Å²) in [6, 6.07) is 7.81. The summed E-state index contributed by atoms with van der Waals surface area (Å²) in [5, 5.41) is 28.2. The van der Waals surface area contributed by atoms with E-state index in [9.17, 15) is 5.11 Å². The zero-order chi connectivity index (χ0) is 11.3. The second-order valence-corrected chi connectivity index (χ2v) is 2.69. The van der Waals surface area contributed by atoms with E-state index in [1.54, 1.807) is 12.1 Å². The van der Waals surface area contributed by atoms with E-state index in [1.807, 2.05) is 0 Å². The van der Waals surface area contributed by atoms with Gasteiger partial charge in [0.1, 0.15) is 23.5 Å². The normalized spacial score (nSPS) is 7.94. The van der Waals surface area contributed by atoms with Gasteiger partial charge >= 0.3 is 0 Å². The van der Waals surface area contributed by atoms with Crippen LogP contribution in [0.4, 0.5) is 0 Å². The van der Waals surface area contributed by atoms with Crippen molar-refractivity contribution < 1.29 is 9.84 Å². The highest BCUT2D eigenvalue weighted by Gasteiger charge is 1.97. The molecule has 0 unspecified atom stereocenters. The van der Waals surface area contributed by atoms with Crippen molar-refractivity contribution in [2.45, 2.75) is 0 Å². The van der Waals surface area contributed by atoms with Crippen LogP contribution >= 0.6 is 0 Å². The second-order valence-electron chi connectivity index (χ2n) is 2.69. The fourth-order valence-electron chi connectivity index (χ4n) is 1.03. The highest BCUT2D eigenvalue weighted by atomic mass is 16.5. The highest BCUT2D eigenvalue weighted by Crippen LogP contribution is 2.24. The SMILES string of the molecule is COc1cc(C=C(C#N)C#N)ccc1[O-].[NH4+]. The van der Waals surface area contributed by atoms with Crippen molar-refractivity contribution in [3.8, 4) is 23.6 Å². The Hall–Kier alpha value is -2.50. The number of nitriles is 2. The first-order valence-corrected chi connectivity index (χ1v) is 4.08. The number of rotatable bonds is 2. The third-order valence-electron chi connectivity index (χ3n) is 1.74. The summed E-state index contributed by atoms with van der Waals surface area (Å²) in [7, 11) is 1.39. The summed E-state index contributed by atoms with van der Waals surface area (Å²) >= 11 is 0. The Labute approximate surface area is 93.4 Å². The van der Waals surface area contributed by atoms with E-state index >= 15 is 0 Å². The summed E-state index contributed by atoms with van der Waals surface area (Å²) in [5.74, 6) is -0.0379. The van der Waals surface area contributed by atoms with E-state index < -0.39 is 0 Å². The van der Waals surface area contributed by atoms with E-state index in [4.69, 9.17) is 15.3 Å². The van der Waals surface area contributed by atoms with Crippen molar-refractivity contribution in [1.29, 1.82) is 10.5 Å². The molecule has 0 fully saturated rings. The second kappa shape index (κ2) is 6.07. The molecule has 0 bridgehead atoms. The van der Waals surface area contributed by atoms with Crippen LogP contribution in [0.25, 0.3) is 6.08 Å². The van der Waals surface area contributed by atoms with Crippen LogP contribution in [0.2, 0.25) is 0 Å². The van der Waals surface area contributed by atoms with Gasteiger partial charge in [-0.25, -0.2) is 0 Å². The minimum Gasteiger partial charge on any atom is -0.870 e. The smallest absolute Gasteiger partial charge is 0.130 e. The molecule has 0 radical (unpaired) electrons. The summed E-state index contributed by atoms with van der Waals surface area (Å²) < 4.78 is 4.83. The Morgan fingerprint density at radius 1 is 1.38 bits per heavy atom. The predicted octanol–water partition coefficient (Wildman–Crippen LogP) is 1.58. The van der Waals surface area contributed by atoms with Crippen LogP contribution < -0.4 is 16.0 Å². The summed E-state index contributed by atoms with van der Waals surface area (Å²) in [6.07, 6.45) is 1.39. The molecule has 5 nitrogen and oxygen atoms in total. The fraction of sp³-hybridized carbons (Fsp3) is 0.0909. The molecule has 5 heteroatoms. The van der Waals surface area contributed by atoms with E-state index in [2.05, 4.69) is 0 Å². The maximum atomic E-state index is 11.2. The largest absolute Gasteiger partial charge is 0.870 e.